The standard InChI is InChI=1S/C31H49ClN4O8/c32-24-7-5-8-26(21-24)43-23-25(37)11-12-28-27(29(38)22-30(28)39)9-3-1-2-4-10-31(40)33-13-15-35-18-16-34(17-19-35)14-6-20-44-36(41)42/h1,3,5,7-8,11-12,21,25,27-30,37-39,41-42H,2,4,6,9-10,13-20,22-23H2,(H,33,40)/b3-1-,12-11+/t25-,27-,28-,29+,30-/m1/s1. The van der Waals surface area contributed by atoms with Crippen molar-refractivity contribution in [3.05, 3.63) is 53.6 Å². The summed E-state index contributed by atoms with van der Waals surface area (Å²) in [5.74, 6) is 0.172. The summed E-state index contributed by atoms with van der Waals surface area (Å²) in [6, 6.07) is 6.94. The summed E-state index contributed by atoms with van der Waals surface area (Å²) >= 11 is 5.96. The normalized spacial score (nSPS) is 24.1. The highest BCUT2D eigenvalue weighted by Gasteiger charge is 2.39. The Morgan fingerprint density at radius 2 is 1.84 bits per heavy atom. The second kappa shape index (κ2) is 20.1. The molecule has 0 spiro atoms. The van der Waals surface area contributed by atoms with Crippen LogP contribution in [0.4, 0.5) is 0 Å². The highest BCUT2D eigenvalue weighted by Crippen LogP contribution is 2.36. The number of nitrogens with one attached hydrogen (secondary N) is 1. The highest BCUT2D eigenvalue weighted by atomic mass is 35.5. The van der Waals surface area contributed by atoms with Crippen molar-refractivity contribution >= 4 is 17.5 Å². The van der Waals surface area contributed by atoms with Crippen molar-refractivity contribution in [3.8, 4) is 5.75 Å². The van der Waals surface area contributed by atoms with Crippen LogP contribution in [0.3, 0.4) is 0 Å². The molecule has 1 aromatic carbocycles. The Hall–Kier alpha value is -2.10. The van der Waals surface area contributed by atoms with Crippen LogP contribution in [0.5, 0.6) is 5.75 Å². The predicted molar refractivity (Wildman–Crippen MR) is 165 cm³/mol. The second-order valence-corrected chi connectivity index (χ2v) is 11.8. The van der Waals surface area contributed by atoms with Crippen LogP contribution < -0.4 is 10.1 Å². The first-order valence-electron chi connectivity index (χ1n) is 15.5. The van der Waals surface area contributed by atoms with Gasteiger partial charge in [0.05, 0.1) is 24.2 Å². The molecule has 1 heterocycles. The number of carbonyl (C=O) groups is 1. The number of piperazine rings is 1. The molecule has 13 heteroatoms. The van der Waals surface area contributed by atoms with Gasteiger partial charge in [-0.1, -0.05) is 42.0 Å². The fraction of sp³-hybridized carbons (Fsp3) is 0.645. The molecular weight excluding hydrogens is 592 g/mol. The summed E-state index contributed by atoms with van der Waals surface area (Å²) in [7, 11) is 0. The predicted octanol–water partition coefficient (Wildman–Crippen LogP) is 2.25. The summed E-state index contributed by atoms with van der Waals surface area (Å²) in [5.41, 5.74) is 0. The Bertz CT molecular complexity index is 1020. The van der Waals surface area contributed by atoms with Crippen molar-refractivity contribution in [2.45, 2.75) is 56.8 Å². The Morgan fingerprint density at radius 1 is 1.09 bits per heavy atom. The zero-order chi connectivity index (χ0) is 31.7. The van der Waals surface area contributed by atoms with Crippen LogP contribution >= 0.6 is 11.6 Å². The third-order valence-electron chi connectivity index (χ3n) is 8.08. The molecule has 0 unspecified atom stereocenters. The molecule has 0 bridgehead atoms. The van der Waals surface area contributed by atoms with Gasteiger partial charge in [0.15, 0.2) is 0 Å². The van der Waals surface area contributed by atoms with Gasteiger partial charge < -0.3 is 30.3 Å². The van der Waals surface area contributed by atoms with Crippen molar-refractivity contribution in [1.29, 1.82) is 0 Å². The molecule has 6 N–H and O–H groups in total. The van der Waals surface area contributed by atoms with Crippen LogP contribution in [0.1, 0.15) is 38.5 Å². The lowest BCUT2D eigenvalue weighted by Crippen LogP contribution is -2.48. The summed E-state index contributed by atoms with van der Waals surface area (Å²) in [4.78, 5) is 21.5. The Morgan fingerprint density at radius 3 is 2.57 bits per heavy atom. The van der Waals surface area contributed by atoms with E-state index in [1.807, 2.05) is 12.2 Å². The smallest absolute Gasteiger partial charge is 0.220 e. The minimum Gasteiger partial charge on any atom is -0.491 e. The summed E-state index contributed by atoms with van der Waals surface area (Å²) in [6.07, 6.45) is 8.77. The SMILES string of the molecule is O=C(CCC/C=C\C[C@@H]1[C@@H](/C=C/[C@@H](O)COc2cccc(Cl)c2)[C@H](O)C[C@@H]1O)NCCN1CCN(CCCON(O)O)CC1. The van der Waals surface area contributed by atoms with E-state index in [-0.39, 0.29) is 36.3 Å². The van der Waals surface area contributed by atoms with Gasteiger partial charge in [0.2, 0.25) is 5.91 Å². The Balaban J connectivity index is 1.25. The van der Waals surface area contributed by atoms with Crippen molar-refractivity contribution in [2.75, 3.05) is 59.0 Å². The molecule has 0 radical (unpaired) electrons. The van der Waals surface area contributed by atoms with E-state index in [1.165, 1.54) is 0 Å². The molecule has 1 saturated heterocycles. The number of benzene rings is 1. The molecule has 2 fully saturated rings. The highest BCUT2D eigenvalue weighted by molar-refractivity contribution is 6.30. The molecule has 2 aliphatic rings. The topological polar surface area (TPSA) is 158 Å². The number of ether oxygens (including phenoxy) is 1. The van der Waals surface area contributed by atoms with E-state index in [1.54, 1.807) is 36.4 Å². The molecule has 1 amide bonds. The van der Waals surface area contributed by atoms with Gasteiger partial charge in [-0.2, -0.15) is 0 Å². The lowest BCUT2D eigenvalue weighted by atomic mass is 9.89. The zero-order valence-corrected chi connectivity index (χ0v) is 26.0. The first-order valence-corrected chi connectivity index (χ1v) is 15.9. The third-order valence-corrected chi connectivity index (χ3v) is 8.31. The average Bonchev–Trinajstić information content (AvgIpc) is 3.26. The lowest BCUT2D eigenvalue weighted by Gasteiger charge is -2.34. The van der Waals surface area contributed by atoms with Gasteiger partial charge in [0.1, 0.15) is 18.5 Å². The molecule has 0 aromatic heterocycles. The van der Waals surface area contributed by atoms with Gasteiger partial charge in [-0.25, -0.2) is 0 Å². The van der Waals surface area contributed by atoms with Crippen LogP contribution in [0.2, 0.25) is 5.02 Å². The van der Waals surface area contributed by atoms with Gasteiger partial charge in [-0.05, 0) is 49.8 Å². The minimum absolute atomic E-state index is 0.0382. The molecule has 1 aliphatic heterocycles. The number of rotatable bonds is 19. The monoisotopic (exact) mass is 640 g/mol. The maximum atomic E-state index is 12.2. The summed E-state index contributed by atoms with van der Waals surface area (Å²) in [6.45, 7) is 6.26. The molecule has 248 valence electrons. The number of hydrogen-bond acceptors (Lipinski definition) is 11. The van der Waals surface area contributed by atoms with Crippen LogP contribution in [0.25, 0.3) is 0 Å². The summed E-state index contributed by atoms with van der Waals surface area (Å²) < 4.78 is 5.57. The molecule has 1 aromatic rings. The number of amides is 1. The number of nitrogens with zero attached hydrogens (tertiary/aromatic N) is 3. The van der Waals surface area contributed by atoms with Gasteiger partial charge in [-0.3, -0.25) is 24.9 Å². The molecule has 1 aliphatic carbocycles. The lowest BCUT2D eigenvalue weighted by molar-refractivity contribution is -0.492. The van der Waals surface area contributed by atoms with E-state index in [4.69, 9.17) is 26.8 Å². The zero-order valence-electron chi connectivity index (χ0n) is 25.3. The van der Waals surface area contributed by atoms with Gasteiger partial charge >= 0.3 is 0 Å². The van der Waals surface area contributed by atoms with E-state index in [0.717, 1.165) is 52.1 Å². The second-order valence-electron chi connectivity index (χ2n) is 11.4. The van der Waals surface area contributed by atoms with Gasteiger partial charge in [0, 0.05) is 69.6 Å². The van der Waals surface area contributed by atoms with E-state index >= 15 is 0 Å². The number of aliphatic hydroxyl groups excluding tert-OH is 3. The quantitative estimate of drug-likeness (QED) is 0.0748. The third kappa shape index (κ3) is 13.9. The van der Waals surface area contributed by atoms with E-state index in [2.05, 4.69) is 20.0 Å². The van der Waals surface area contributed by atoms with Gasteiger partial charge in [0.25, 0.3) is 0 Å². The number of halogens is 1. The number of unbranched alkanes of at least 4 members (excludes halogenated alkanes) is 1. The fourth-order valence-corrected chi connectivity index (χ4v) is 5.80. The van der Waals surface area contributed by atoms with Gasteiger partial charge in [-0.15, -0.1) is 0 Å². The Labute approximate surface area is 265 Å². The molecular formula is C31H49ClN4O8. The Kier molecular flexibility index (Phi) is 16.6. The number of hydrogen-bond donors (Lipinski definition) is 6. The average molecular weight is 641 g/mol. The summed E-state index contributed by atoms with van der Waals surface area (Å²) in [5, 5.41) is 51.7. The molecule has 12 nitrogen and oxygen atoms in total. The first kappa shape index (κ1) is 36.4. The van der Waals surface area contributed by atoms with Crippen LogP contribution in [-0.4, -0.2) is 124 Å². The fourth-order valence-electron chi connectivity index (χ4n) is 5.62. The van der Waals surface area contributed by atoms with Crippen LogP contribution in [0.15, 0.2) is 48.6 Å². The van der Waals surface area contributed by atoms with Crippen molar-refractivity contribution in [2.24, 2.45) is 11.8 Å². The van der Waals surface area contributed by atoms with E-state index < -0.39 is 18.3 Å². The molecule has 1 saturated carbocycles. The van der Waals surface area contributed by atoms with E-state index in [0.29, 0.717) is 43.0 Å². The first-order chi connectivity index (χ1) is 21.2. The largest absolute Gasteiger partial charge is 0.491 e. The van der Waals surface area contributed by atoms with E-state index in [9.17, 15) is 20.1 Å². The van der Waals surface area contributed by atoms with Crippen molar-refractivity contribution in [1.82, 2.24) is 20.5 Å². The number of carbonyl (C=O) groups excluding carboxylic acids is 1. The van der Waals surface area contributed by atoms with Crippen LogP contribution in [-0.2, 0) is 9.63 Å². The maximum absolute atomic E-state index is 12.2. The minimum atomic E-state index is -0.864. The number of allylic oxidation sites excluding steroid dienone is 2. The maximum Gasteiger partial charge on any atom is 0.220 e. The molecule has 3 rings (SSSR count). The number of aliphatic hydroxyl groups is 3. The van der Waals surface area contributed by atoms with Crippen molar-refractivity contribution in [3.63, 3.8) is 0 Å². The van der Waals surface area contributed by atoms with Crippen molar-refractivity contribution < 1.29 is 40.1 Å². The van der Waals surface area contributed by atoms with Crippen LogP contribution in [0, 0.1) is 11.8 Å². The molecule has 5 atom stereocenters. The molecule has 44 heavy (non-hydrogen) atoms.